The lowest BCUT2D eigenvalue weighted by atomic mass is 9.95. The van der Waals surface area contributed by atoms with Gasteiger partial charge in [-0.15, -0.1) is 0 Å². The van der Waals surface area contributed by atoms with E-state index in [1.165, 1.54) is 6.07 Å². The van der Waals surface area contributed by atoms with Gasteiger partial charge < -0.3 is 5.32 Å². The van der Waals surface area contributed by atoms with Gasteiger partial charge in [0.05, 0.1) is 6.07 Å². The highest BCUT2D eigenvalue weighted by Crippen LogP contribution is 2.12. The zero-order valence-corrected chi connectivity index (χ0v) is 9.96. The highest BCUT2D eigenvalue weighted by molar-refractivity contribution is 5.84. The average Bonchev–Trinajstić information content (AvgIpc) is 2.31. The third-order valence-electron chi connectivity index (χ3n) is 2.48. The summed E-state index contributed by atoms with van der Waals surface area (Å²) in [6.45, 7) is 3.42. The van der Waals surface area contributed by atoms with E-state index in [1.54, 1.807) is 32.0 Å². The highest BCUT2D eigenvalue weighted by Gasteiger charge is 2.26. The molecule has 0 unspecified atom stereocenters. The molecular weight excluding hydrogens is 219 g/mol. The fourth-order valence-electron chi connectivity index (χ4n) is 1.28. The van der Waals surface area contributed by atoms with Crippen molar-refractivity contribution in [1.29, 1.82) is 5.26 Å². The second-order valence-electron chi connectivity index (χ2n) is 4.33. The molecule has 1 aromatic carbocycles. The Balaban J connectivity index is 2.47. The van der Waals surface area contributed by atoms with Crippen molar-refractivity contribution in [3.05, 3.63) is 35.6 Å². The molecule has 0 bridgehead atoms. The third-order valence-corrected chi connectivity index (χ3v) is 2.48. The first-order valence-electron chi connectivity index (χ1n) is 5.40. The van der Waals surface area contributed by atoms with Crippen LogP contribution in [0.1, 0.15) is 19.4 Å². The summed E-state index contributed by atoms with van der Waals surface area (Å²) in [6.07, 6.45) is 0.417. The van der Waals surface area contributed by atoms with E-state index in [0.717, 1.165) is 0 Å². The number of nitrogens with zero attached hydrogens (tertiary/aromatic N) is 1. The molecule has 0 heterocycles. The first-order chi connectivity index (χ1) is 7.97. The maximum atomic E-state index is 13.2. The zero-order chi connectivity index (χ0) is 12.9. The molecule has 0 spiro atoms. The summed E-state index contributed by atoms with van der Waals surface area (Å²) in [5.74, 6) is -0.613. The van der Waals surface area contributed by atoms with Gasteiger partial charge in [0, 0.05) is 6.54 Å². The van der Waals surface area contributed by atoms with E-state index >= 15 is 0 Å². The maximum absolute atomic E-state index is 13.2. The van der Waals surface area contributed by atoms with Crippen molar-refractivity contribution in [2.45, 2.75) is 20.3 Å². The standard InChI is InChI=1S/C13H15FN2O/c1-13(2,9-15)12(17)16-8-7-10-5-3-4-6-11(10)14/h3-6H,7-8H2,1-2H3,(H,16,17). The van der Waals surface area contributed by atoms with Crippen LogP contribution in [0.25, 0.3) is 0 Å². The van der Waals surface area contributed by atoms with Crippen LogP contribution in [0.4, 0.5) is 4.39 Å². The van der Waals surface area contributed by atoms with Gasteiger partial charge in [0.2, 0.25) is 5.91 Å². The first kappa shape index (κ1) is 13.2. The van der Waals surface area contributed by atoms with Gasteiger partial charge in [-0.05, 0) is 31.9 Å². The Kier molecular flexibility index (Phi) is 4.22. The summed E-state index contributed by atoms with van der Waals surface area (Å²) >= 11 is 0. The van der Waals surface area contributed by atoms with Gasteiger partial charge in [-0.1, -0.05) is 18.2 Å². The van der Waals surface area contributed by atoms with E-state index in [-0.39, 0.29) is 11.7 Å². The Morgan fingerprint density at radius 3 is 2.71 bits per heavy atom. The van der Waals surface area contributed by atoms with E-state index in [0.29, 0.717) is 18.5 Å². The van der Waals surface area contributed by atoms with E-state index in [4.69, 9.17) is 5.26 Å². The van der Waals surface area contributed by atoms with Crippen molar-refractivity contribution in [3.8, 4) is 6.07 Å². The van der Waals surface area contributed by atoms with Gasteiger partial charge in [0.15, 0.2) is 0 Å². The van der Waals surface area contributed by atoms with Crippen LogP contribution in [-0.4, -0.2) is 12.5 Å². The van der Waals surface area contributed by atoms with Crippen molar-refractivity contribution >= 4 is 5.91 Å². The lowest BCUT2D eigenvalue weighted by molar-refractivity contribution is -0.126. The smallest absolute Gasteiger partial charge is 0.239 e. The van der Waals surface area contributed by atoms with Crippen LogP contribution in [0.5, 0.6) is 0 Å². The molecule has 1 rings (SSSR count). The predicted octanol–water partition coefficient (Wildman–Crippen LogP) is 2.03. The summed E-state index contributed by atoms with van der Waals surface area (Å²) < 4.78 is 13.2. The van der Waals surface area contributed by atoms with Crippen LogP contribution in [0.3, 0.4) is 0 Å². The number of rotatable bonds is 4. The molecule has 4 heteroatoms. The second kappa shape index (κ2) is 5.44. The molecule has 1 aromatic rings. The number of hydrogen-bond acceptors (Lipinski definition) is 2. The summed E-state index contributed by atoms with van der Waals surface area (Å²) in [7, 11) is 0. The minimum Gasteiger partial charge on any atom is -0.354 e. The van der Waals surface area contributed by atoms with Gasteiger partial charge >= 0.3 is 0 Å². The molecule has 0 aliphatic heterocycles. The van der Waals surface area contributed by atoms with Crippen molar-refractivity contribution in [2.24, 2.45) is 5.41 Å². The Morgan fingerprint density at radius 1 is 1.47 bits per heavy atom. The van der Waals surface area contributed by atoms with Crippen LogP contribution >= 0.6 is 0 Å². The Hall–Kier alpha value is -1.89. The topological polar surface area (TPSA) is 52.9 Å². The largest absolute Gasteiger partial charge is 0.354 e. The highest BCUT2D eigenvalue weighted by atomic mass is 19.1. The fraction of sp³-hybridized carbons (Fsp3) is 0.385. The minimum absolute atomic E-state index is 0.277. The van der Waals surface area contributed by atoms with E-state index in [2.05, 4.69) is 5.32 Å². The number of carbonyl (C=O) groups is 1. The van der Waals surface area contributed by atoms with Crippen molar-refractivity contribution in [3.63, 3.8) is 0 Å². The molecular formula is C13H15FN2O. The summed E-state index contributed by atoms with van der Waals surface area (Å²) in [5.41, 5.74) is -0.488. The van der Waals surface area contributed by atoms with E-state index < -0.39 is 5.41 Å². The molecule has 0 aliphatic carbocycles. The Labute approximate surface area is 100 Å². The molecule has 17 heavy (non-hydrogen) atoms. The number of halogens is 1. The Bertz CT molecular complexity index is 449. The van der Waals surface area contributed by atoms with Gasteiger partial charge in [0.25, 0.3) is 0 Å². The molecule has 1 amide bonds. The third kappa shape index (κ3) is 3.56. The first-order valence-corrected chi connectivity index (χ1v) is 5.40. The van der Waals surface area contributed by atoms with Crippen molar-refractivity contribution in [2.75, 3.05) is 6.54 Å². The number of hydrogen-bond donors (Lipinski definition) is 1. The predicted molar refractivity (Wildman–Crippen MR) is 62.5 cm³/mol. The van der Waals surface area contributed by atoms with Gasteiger partial charge in [-0.3, -0.25) is 4.79 Å². The lowest BCUT2D eigenvalue weighted by Crippen LogP contribution is -2.37. The summed E-state index contributed by atoms with van der Waals surface area (Å²) in [5, 5.41) is 11.4. The van der Waals surface area contributed by atoms with Crippen LogP contribution in [-0.2, 0) is 11.2 Å². The monoisotopic (exact) mass is 234 g/mol. The van der Waals surface area contributed by atoms with Crippen LogP contribution in [0.2, 0.25) is 0 Å². The number of amides is 1. The fourth-order valence-corrected chi connectivity index (χ4v) is 1.28. The molecule has 0 aliphatic rings. The SMILES string of the molecule is CC(C)(C#N)C(=O)NCCc1ccccc1F. The molecule has 0 fully saturated rings. The quantitative estimate of drug-likeness (QED) is 0.866. The molecule has 0 radical (unpaired) electrons. The van der Waals surface area contributed by atoms with Crippen LogP contribution < -0.4 is 5.32 Å². The van der Waals surface area contributed by atoms with Gasteiger partial charge in [0.1, 0.15) is 11.2 Å². The van der Waals surface area contributed by atoms with E-state index in [1.807, 2.05) is 6.07 Å². The maximum Gasteiger partial charge on any atom is 0.239 e. The lowest BCUT2D eigenvalue weighted by Gasteiger charge is -2.14. The van der Waals surface area contributed by atoms with Crippen LogP contribution in [0.15, 0.2) is 24.3 Å². The molecule has 3 nitrogen and oxygen atoms in total. The molecule has 0 atom stereocenters. The second-order valence-corrected chi connectivity index (χ2v) is 4.33. The van der Waals surface area contributed by atoms with Gasteiger partial charge in [-0.25, -0.2) is 4.39 Å². The summed E-state index contributed by atoms with van der Waals surface area (Å²) in [6, 6.07) is 8.35. The van der Waals surface area contributed by atoms with Crippen LogP contribution in [0, 0.1) is 22.6 Å². The molecule has 0 saturated heterocycles. The number of carbonyl (C=O) groups excluding carboxylic acids is 1. The Morgan fingerprint density at radius 2 is 2.12 bits per heavy atom. The molecule has 0 aromatic heterocycles. The number of nitrogens with one attached hydrogen (secondary N) is 1. The average molecular weight is 234 g/mol. The van der Waals surface area contributed by atoms with Crippen molar-refractivity contribution in [1.82, 2.24) is 5.32 Å². The van der Waals surface area contributed by atoms with E-state index in [9.17, 15) is 9.18 Å². The van der Waals surface area contributed by atoms with Gasteiger partial charge in [-0.2, -0.15) is 5.26 Å². The minimum atomic E-state index is -1.05. The molecule has 90 valence electrons. The number of nitriles is 1. The zero-order valence-electron chi connectivity index (χ0n) is 9.96. The molecule has 1 N–H and O–H groups in total. The molecule has 0 saturated carbocycles. The number of benzene rings is 1. The van der Waals surface area contributed by atoms with Crippen molar-refractivity contribution < 1.29 is 9.18 Å². The normalized spacial score (nSPS) is 10.7. The summed E-state index contributed by atoms with van der Waals surface area (Å²) in [4.78, 5) is 11.5.